The minimum absolute atomic E-state index is 0.00572. The second-order valence-electron chi connectivity index (χ2n) is 8.73. The maximum Gasteiger partial charge on any atom is 0.324 e. The third-order valence-corrected chi connectivity index (χ3v) is 6.58. The largest absolute Gasteiger partial charge is 0.496 e. The first-order valence-corrected chi connectivity index (χ1v) is 11.2. The molecule has 1 aliphatic carbocycles. The highest BCUT2D eigenvalue weighted by atomic mass is 16.5. The lowest BCUT2D eigenvalue weighted by molar-refractivity contribution is -0.137. The van der Waals surface area contributed by atoms with Gasteiger partial charge in [0.1, 0.15) is 5.75 Å². The molecule has 1 saturated heterocycles. The Hall–Kier alpha value is -3.68. The van der Waals surface area contributed by atoms with Crippen LogP contribution in [0.1, 0.15) is 42.2 Å². The molecule has 1 aromatic heterocycles. The highest BCUT2D eigenvalue weighted by Crippen LogP contribution is 2.39. The second-order valence-corrected chi connectivity index (χ2v) is 8.73. The Morgan fingerprint density at radius 2 is 2.00 bits per heavy atom. The number of amides is 3. The second kappa shape index (κ2) is 8.69. The van der Waals surface area contributed by atoms with Crippen molar-refractivity contribution in [3.05, 3.63) is 65.5 Å². The number of hydrogen-bond acceptors (Lipinski definition) is 6. The van der Waals surface area contributed by atoms with Crippen molar-refractivity contribution in [3.8, 4) is 17.1 Å². The van der Waals surface area contributed by atoms with Crippen molar-refractivity contribution in [1.82, 2.24) is 20.4 Å². The summed E-state index contributed by atoms with van der Waals surface area (Å²) in [6.07, 6.45) is 2.00. The van der Waals surface area contributed by atoms with Gasteiger partial charge in [0.25, 0.3) is 0 Å². The van der Waals surface area contributed by atoms with E-state index >= 15 is 0 Å². The first kappa shape index (κ1) is 21.2. The smallest absolute Gasteiger partial charge is 0.324 e. The number of nitrogens with one attached hydrogen (secondary N) is 1. The third kappa shape index (κ3) is 4.08. The lowest BCUT2D eigenvalue weighted by Gasteiger charge is -2.41. The normalized spacial score (nSPS) is 22.6. The molecule has 2 aromatic carbocycles. The average molecular weight is 447 g/mol. The predicted octanol–water partition coefficient (Wildman–Crippen LogP) is 4.06. The van der Waals surface area contributed by atoms with Gasteiger partial charge in [0.2, 0.25) is 17.6 Å². The zero-order valence-electron chi connectivity index (χ0n) is 18.7. The van der Waals surface area contributed by atoms with Gasteiger partial charge in [0.05, 0.1) is 19.6 Å². The van der Waals surface area contributed by atoms with Crippen molar-refractivity contribution in [2.45, 2.75) is 44.7 Å². The Morgan fingerprint density at radius 1 is 1.15 bits per heavy atom. The molecule has 0 radical (unpaired) electrons. The van der Waals surface area contributed by atoms with Gasteiger partial charge in [0.15, 0.2) is 0 Å². The molecule has 8 heteroatoms. The van der Waals surface area contributed by atoms with Gasteiger partial charge in [-0.05, 0) is 38.3 Å². The molecule has 5 rings (SSSR count). The number of aryl methyl sites for hydroxylation is 1. The molecule has 3 aromatic rings. The summed E-state index contributed by atoms with van der Waals surface area (Å²) in [6, 6.07) is 14.8. The molecule has 170 valence electrons. The van der Waals surface area contributed by atoms with Gasteiger partial charge >= 0.3 is 6.03 Å². The molecule has 0 bridgehead atoms. The van der Waals surface area contributed by atoms with Gasteiger partial charge in [-0.3, -0.25) is 9.69 Å². The van der Waals surface area contributed by atoms with E-state index in [0.29, 0.717) is 30.3 Å². The molecule has 3 atom stereocenters. The maximum absolute atomic E-state index is 13.2. The quantitative estimate of drug-likeness (QED) is 0.635. The molecule has 2 fully saturated rings. The summed E-state index contributed by atoms with van der Waals surface area (Å²) in [5, 5.41) is 7.19. The van der Waals surface area contributed by atoms with Gasteiger partial charge in [-0.1, -0.05) is 47.1 Å². The van der Waals surface area contributed by atoms with Crippen molar-refractivity contribution >= 4 is 11.9 Å². The number of para-hydroxylation sites is 1. The van der Waals surface area contributed by atoms with Crippen LogP contribution in [0.4, 0.5) is 4.79 Å². The Kier molecular flexibility index (Phi) is 5.58. The predicted molar refractivity (Wildman–Crippen MR) is 120 cm³/mol. The summed E-state index contributed by atoms with van der Waals surface area (Å²) in [7, 11) is 1.58. The number of nitrogens with zero attached hydrogens (tertiary/aromatic N) is 3. The molecule has 2 heterocycles. The molecule has 33 heavy (non-hydrogen) atoms. The number of methoxy groups -OCH3 is 1. The number of carbonyl (C=O) groups is 2. The number of carbonyl (C=O) groups excluding carboxylic acids is 2. The highest BCUT2D eigenvalue weighted by Gasteiger charge is 2.45. The Morgan fingerprint density at radius 3 is 2.82 bits per heavy atom. The number of benzene rings is 2. The fraction of sp³-hybridized carbons (Fsp3) is 0.360. The lowest BCUT2D eigenvalue weighted by atomic mass is 9.76. The molecular weight excluding hydrogens is 420 g/mol. The van der Waals surface area contributed by atoms with Crippen LogP contribution in [0.15, 0.2) is 53.1 Å². The van der Waals surface area contributed by atoms with Crippen molar-refractivity contribution in [2.75, 3.05) is 7.11 Å². The van der Waals surface area contributed by atoms with Crippen LogP contribution in [0.25, 0.3) is 11.4 Å². The summed E-state index contributed by atoms with van der Waals surface area (Å²) < 4.78 is 10.9. The first-order valence-electron chi connectivity index (χ1n) is 11.2. The summed E-state index contributed by atoms with van der Waals surface area (Å²) in [6.45, 7) is 2.20. The number of aromatic nitrogens is 2. The van der Waals surface area contributed by atoms with Crippen LogP contribution >= 0.6 is 0 Å². The minimum Gasteiger partial charge on any atom is -0.496 e. The Balaban J connectivity index is 1.29. The van der Waals surface area contributed by atoms with Crippen LogP contribution < -0.4 is 10.1 Å². The standard InChI is InChI=1S/C25H26N4O4/c1-15-6-5-8-16(12-15)22-27-23(33-28-22)17-10-11-19-20(13-17)26-25(31)29(24(19)30)14-18-7-3-4-9-21(18)32-2/h3-9,12,17,19-20H,10-11,13-14H2,1-2H3,(H,26,31). The molecule has 3 unspecified atom stereocenters. The molecular formula is C25H26N4O4. The van der Waals surface area contributed by atoms with Crippen LogP contribution in [-0.2, 0) is 11.3 Å². The fourth-order valence-electron chi connectivity index (χ4n) is 4.84. The van der Waals surface area contributed by atoms with Crippen molar-refractivity contribution in [1.29, 1.82) is 0 Å². The monoisotopic (exact) mass is 446 g/mol. The number of imide groups is 1. The SMILES string of the molecule is COc1ccccc1CN1C(=O)NC2CC(c3nc(-c4cccc(C)c4)no3)CCC2C1=O. The molecule has 1 N–H and O–H groups in total. The van der Waals surface area contributed by atoms with Gasteiger partial charge in [-0.2, -0.15) is 4.98 Å². The third-order valence-electron chi connectivity index (χ3n) is 6.58. The van der Waals surface area contributed by atoms with Gasteiger partial charge in [-0.15, -0.1) is 0 Å². The maximum atomic E-state index is 13.2. The van der Waals surface area contributed by atoms with Gasteiger partial charge < -0.3 is 14.6 Å². The molecule has 1 saturated carbocycles. The van der Waals surface area contributed by atoms with Gasteiger partial charge in [0, 0.05) is 23.1 Å². The van der Waals surface area contributed by atoms with Crippen LogP contribution in [0.5, 0.6) is 5.75 Å². The van der Waals surface area contributed by atoms with E-state index in [1.807, 2.05) is 55.5 Å². The molecule has 3 amide bonds. The lowest BCUT2D eigenvalue weighted by Crippen LogP contribution is -2.60. The van der Waals surface area contributed by atoms with Crippen LogP contribution in [0, 0.1) is 12.8 Å². The number of ether oxygens (including phenoxy) is 1. The minimum atomic E-state index is -0.376. The number of rotatable bonds is 5. The first-order chi connectivity index (χ1) is 16.0. The summed E-state index contributed by atoms with van der Waals surface area (Å²) in [5.41, 5.74) is 2.83. The van der Waals surface area contributed by atoms with E-state index in [0.717, 1.165) is 23.1 Å². The van der Waals surface area contributed by atoms with Crippen LogP contribution in [0.3, 0.4) is 0 Å². The van der Waals surface area contributed by atoms with Gasteiger partial charge in [-0.25, -0.2) is 4.79 Å². The van der Waals surface area contributed by atoms with Crippen molar-refractivity contribution < 1.29 is 18.8 Å². The molecule has 2 aliphatic rings. The number of urea groups is 1. The number of fused-ring (bicyclic) bond motifs is 1. The zero-order chi connectivity index (χ0) is 22.9. The Bertz CT molecular complexity index is 1190. The van der Waals surface area contributed by atoms with Crippen molar-refractivity contribution in [3.63, 3.8) is 0 Å². The summed E-state index contributed by atoms with van der Waals surface area (Å²) in [5.74, 6) is 1.38. The van der Waals surface area contributed by atoms with E-state index in [9.17, 15) is 9.59 Å². The molecule has 1 aliphatic heterocycles. The van der Waals surface area contributed by atoms with Crippen LogP contribution in [-0.4, -0.2) is 40.1 Å². The Labute approximate surface area is 191 Å². The van der Waals surface area contributed by atoms with E-state index < -0.39 is 0 Å². The molecule has 8 nitrogen and oxygen atoms in total. The van der Waals surface area contributed by atoms with E-state index in [1.54, 1.807) is 7.11 Å². The topological polar surface area (TPSA) is 97.6 Å². The van der Waals surface area contributed by atoms with E-state index in [2.05, 4.69) is 15.5 Å². The summed E-state index contributed by atoms with van der Waals surface area (Å²) in [4.78, 5) is 31.9. The van der Waals surface area contributed by atoms with E-state index in [1.165, 1.54) is 4.90 Å². The van der Waals surface area contributed by atoms with Crippen molar-refractivity contribution in [2.24, 2.45) is 5.92 Å². The number of hydrogen-bond donors (Lipinski definition) is 1. The van der Waals surface area contributed by atoms with E-state index in [4.69, 9.17) is 9.26 Å². The van der Waals surface area contributed by atoms with Crippen LogP contribution in [0.2, 0.25) is 0 Å². The molecule has 0 spiro atoms. The highest BCUT2D eigenvalue weighted by molar-refractivity contribution is 5.98. The summed E-state index contributed by atoms with van der Waals surface area (Å²) >= 11 is 0. The zero-order valence-corrected chi connectivity index (χ0v) is 18.7. The fourth-order valence-corrected chi connectivity index (χ4v) is 4.84. The van der Waals surface area contributed by atoms with E-state index in [-0.39, 0.29) is 36.4 Å². The average Bonchev–Trinajstić information content (AvgIpc) is 3.32.